The normalized spacial score (nSPS) is 10.6. The molecule has 0 aliphatic rings. The van der Waals surface area contributed by atoms with Crippen molar-refractivity contribution >= 4 is 23.0 Å². The number of nitrogens with one attached hydrogen (secondary N) is 2. The molecule has 21 heavy (non-hydrogen) atoms. The zero-order chi connectivity index (χ0) is 15.6. The van der Waals surface area contributed by atoms with Gasteiger partial charge in [0, 0.05) is 27.2 Å². The molecule has 2 amide bonds. The number of carbonyl (C=O) groups excluding carboxylic acids is 1. The molecule has 8 heteroatoms. The summed E-state index contributed by atoms with van der Waals surface area (Å²) in [7, 11) is 3.25. The number of fused-ring (bicyclic) bond motifs is 1. The molecule has 2 aromatic rings. The van der Waals surface area contributed by atoms with Crippen molar-refractivity contribution in [3.05, 3.63) is 34.2 Å². The van der Waals surface area contributed by atoms with Crippen LogP contribution in [0.4, 0.5) is 4.79 Å². The van der Waals surface area contributed by atoms with Crippen molar-refractivity contribution in [2.45, 2.75) is 6.54 Å². The van der Waals surface area contributed by atoms with Gasteiger partial charge in [0.25, 0.3) is 0 Å². The largest absolute Gasteiger partial charge is 0.478 e. The van der Waals surface area contributed by atoms with E-state index in [1.165, 1.54) is 21.6 Å². The van der Waals surface area contributed by atoms with Gasteiger partial charge in [-0.3, -0.25) is 4.57 Å². The van der Waals surface area contributed by atoms with E-state index in [9.17, 15) is 14.4 Å². The van der Waals surface area contributed by atoms with Crippen molar-refractivity contribution in [3.8, 4) is 0 Å². The highest BCUT2D eigenvalue weighted by Crippen LogP contribution is 2.12. The first-order valence-electron chi connectivity index (χ1n) is 6.31. The molecule has 1 aromatic carbocycles. The molecule has 8 nitrogen and oxygen atoms in total. The Hall–Kier alpha value is -2.77. The third-order valence-electron chi connectivity index (χ3n) is 3.04. The number of carboxylic acids is 1. The number of benzene rings is 1. The van der Waals surface area contributed by atoms with Crippen LogP contribution in [0.15, 0.2) is 23.0 Å². The third-order valence-corrected chi connectivity index (χ3v) is 3.04. The lowest BCUT2D eigenvalue weighted by molar-refractivity contribution is 0.0697. The molecule has 0 aliphatic heterocycles. The predicted octanol–water partition coefficient (Wildman–Crippen LogP) is 0.299. The topological polar surface area (TPSA) is 107 Å². The summed E-state index contributed by atoms with van der Waals surface area (Å²) in [5.41, 5.74) is 0.825. The summed E-state index contributed by atoms with van der Waals surface area (Å²) in [4.78, 5) is 38.2. The second-order valence-corrected chi connectivity index (χ2v) is 4.75. The van der Waals surface area contributed by atoms with E-state index in [1.54, 1.807) is 20.2 Å². The van der Waals surface area contributed by atoms with E-state index in [1.807, 2.05) is 0 Å². The standard InChI is InChI=1S/C13H16N4O4/c1-16(2)12(20)14-5-6-17-10-4-3-8(11(18)19)7-9(10)15-13(17)21/h3-4,7H,5-6H2,1-2H3,(H,14,20)(H,15,21)(H,18,19). The maximum Gasteiger partial charge on any atom is 0.335 e. The lowest BCUT2D eigenvalue weighted by Gasteiger charge is -2.12. The lowest BCUT2D eigenvalue weighted by atomic mass is 10.2. The number of H-pyrrole nitrogens is 1. The summed E-state index contributed by atoms with van der Waals surface area (Å²) in [6.45, 7) is 0.593. The molecule has 3 N–H and O–H groups in total. The first-order valence-corrected chi connectivity index (χ1v) is 6.31. The minimum Gasteiger partial charge on any atom is -0.478 e. The molecule has 0 saturated carbocycles. The minimum absolute atomic E-state index is 0.108. The molecule has 0 bridgehead atoms. The molecule has 0 saturated heterocycles. The van der Waals surface area contributed by atoms with Gasteiger partial charge in [-0.15, -0.1) is 0 Å². The number of aromatic carboxylic acids is 1. The predicted molar refractivity (Wildman–Crippen MR) is 76.6 cm³/mol. The fraction of sp³-hybridized carbons (Fsp3) is 0.308. The number of aromatic amines is 1. The number of carbonyl (C=O) groups is 2. The van der Waals surface area contributed by atoms with Crippen LogP contribution in [0.2, 0.25) is 0 Å². The van der Waals surface area contributed by atoms with E-state index in [2.05, 4.69) is 10.3 Å². The van der Waals surface area contributed by atoms with Crippen molar-refractivity contribution < 1.29 is 14.7 Å². The fourth-order valence-electron chi connectivity index (χ4n) is 1.95. The van der Waals surface area contributed by atoms with E-state index >= 15 is 0 Å². The van der Waals surface area contributed by atoms with E-state index in [4.69, 9.17) is 5.11 Å². The summed E-state index contributed by atoms with van der Waals surface area (Å²) in [6.07, 6.45) is 0. The van der Waals surface area contributed by atoms with Gasteiger partial charge >= 0.3 is 17.7 Å². The summed E-state index contributed by atoms with van der Waals surface area (Å²) in [6, 6.07) is 4.18. The van der Waals surface area contributed by atoms with Crippen LogP contribution >= 0.6 is 0 Å². The van der Waals surface area contributed by atoms with Crippen molar-refractivity contribution in [1.29, 1.82) is 0 Å². The van der Waals surface area contributed by atoms with Crippen molar-refractivity contribution in [3.63, 3.8) is 0 Å². The molecule has 0 fully saturated rings. The SMILES string of the molecule is CN(C)C(=O)NCCn1c(=O)[nH]c2cc(C(=O)O)ccc21. The van der Waals surface area contributed by atoms with Gasteiger partial charge in [0.05, 0.1) is 16.6 Å². The van der Waals surface area contributed by atoms with Crippen LogP contribution in [0.1, 0.15) is 10.4 Å². The average molecular weight is 292 g/mol. The average Bonchev–Trinajstić information content (AvgIpc) is 2.73. The van der Waals surface area contributed by atoms with Gasteiger partial charge in [-0.25, -0.2) is 14.4 Å². The smallest absolute Gasteiger partial charge is 0.335 e. The van der Waals surface area contributed by atoms with Crippen LogP contribution in [0.3, 0.4) is 0 Å². The zero-order valence-electron chi connectivity index (χ0n) is 11.7. The number of amides is 2. The molecule has 0 aliphatic carbocycles. The molecule has 2 rings (SSSR count). The summed E-state index contributed by atoms with van der Waals surface area (Å²) in [5.74, 6) is -1.05. The monoisotopic (exact) mass is 292 g/mol. The molecule has 0 radical (unpaired) electrons. The quantitative estimate of drug-likeness (QED) is 0.753. The fourth-order valence-corrected chi connectivity index (χ4v) is 1.95. The number of imidazole rings is 1. The van der Waals surface area contributed by atoms with Crippen LogP contribution in [0, 0.1) is 0 Å². The highest BCUT2D eigenvalue weighted by Gasteiger charge is 2.10. The molecule has 0 atom stereocenters. The van der Waals surface area contributed by atoms with Crippen LogP contribution < -0.4 is 11.0 Å². The van der Waals surface area contributed by atoms with Gasteiger partial charge in [0.1, 0.15) is 0 Å². The van der Waals surface area contributed by atoms with Gasteiger partial charge in [0.15, 0.2) is 0 Å². The van der Waals surface area contributed by atoms with Gasteiger partial charge in [-0.2, -0.15) is 0 Å². The number of hydrogen-bond acceptors (Lipinski definition) is 3. The Bertz CT molecular complexity index is 744. The molecule has 1 aromatic heterocycles. The van der Waals surface area contributed by atoms with Crippen molar-refractivity contribution in [1.82, 2.24) is 19.8 Å². The van der Waals surface area contributed by atoms with E-state index < -0.39 is 5.97 Å². The Morgan fingerprint density at radius 1 is 1.38 bits per heavy atom. The van der Waals surface area contributed by atoms with Crippen LogP contribution in [-0.4, -0.2) is 52.2 Å². The molecule has 0 unspecified atom stereocenters. The Kier molecular flexibility index (Phi) is 3.97. The van der Waals surface area contributed by atoms with E-state index in [0.717, 1.165) is 0 Å². The van der Waals surface area contributed by atoms with Crippen LogP contribution in [-0.2, 0) is 6.54 Å². The Balaban J connectivity index is 2.20. The Morgan fingerprint density at radius 3 is 2.71 bits per heavy atom. The number of aromatic nitrogens is 2. The summed E-state index contributed by atoms with van der Waals surface area (Å²) in [5, 5.41) is 11.6. The van der Waals surface area contributed by atoms with Gasteiger partial charge in [0.2, 0.25) is 0 Å². The molecule has 112 valence electrons. The lowest BCUT2D eigenvalue weighted by Crippen LogP contribution is -2.37. The molecule has 1 heterocycles. The van der Waals surface area contributed by atoms with Crippen LogP contribution in [0.25, 0.3) is 11.0 Å². The highest BCUT2D eigenvalue weighted by atomic mass is 16.4. The van der Waals surface area contributed by atoms with Crippen molar-refractivity contribution in [2.24, 2.45) is 0 Å². The number of rotatable bonds is 4. The Morgan fingerprint density at radius 2 is 2.10 bits per heavy atom. The highest BCUT2D eigenvalue weighted by molar-refractivity contribution is 5.92. The zero-order valence-corrected chi connectivity index (χ0v) is 11.7. The first kappa shape index (κ1) is 14.6. The third kappa shape index (κ3) is 3.04. The Labute approximate surface area is 120 Å². The summed E-state index contributed by atoms with van der Waals surface area (Å²) >= 11 is 0. The van der Waals surface area contributed by atoms with Crippen molar-refractivity contribution in [2.75, 3.05) is 20.6 Å². The summed E-state index contributed by atoms with van der Waals surface area (Å²) < 4.78 is 1.46. The second-order valence-electron chi connectivity index (χ2n) is 4.75. The second kappa shape index (κ2) is 5.70. The van der Waals surface area contributed by atoms with Gasteiger partial charge in [-0.05, 0) is 18.2 Å². The maximum atomic E-state index is 11.9. The molecule has 0 spiro atoms. The maximum absolute atomic E-state index is 11.9. The van der Waals surface area contributed by atoms with E-state index in [-0.39, 0.29) is 17.3 Å². The molecular weight excluding hydrogens is 276 g/mol. The number of carboxylic acid groups (broad SMARTS) is 1. The van der Waals surface area contributed by atoms with Gasteiger partial charge < -0.3 is 20.3 Å². The first-order chi connectivity index (χ1) is 9.90. The number of nitrogens with zero attached hydrogens (tertiary/aromatic N) is 2. The molecular formula is C13H16N4O4. The van der Waals surface area contributed by atoms with Gasteiger partial charge in [-0.1, -0.05) is 0 Å². The van der Waals surface area contributed by atoms with Crippen LogP contribution in [0.5, 0.6) is 0 Å². The minimum atomic E-state index is -1.05. The number of urea groups is 1. The van der Waals surface area contributed by atoms with E-state index in [0.29, 0.717) is 24.1 Å². The number of hydrogen-bond donors (Lipinski definition) is 3.